The van der Waals surface area contributed by atoms with Gasteiger partial charge in [0, 0.05) is 19.7 Å². The molecule has 1 atom stereocenters. The van der Waals surface area contributed by atoms with Crippen LogP contribution in [-0.2, 0) is 4.79 Å². The lowest BCUT2D eigenvalue weighted by Crippen LogP contribution is -2.39. The van der Waals surface area contributed by atoms with Gasteiger partial charge in [0.25, 0.3) is 5.91 Å². The van der Waals surface area contributed by atoms with Gasteiger partial charge in [-0.2, -0.15) is 0 Å². The molecular weight excluding hydrogens is 478 g/mol. The second-order valence-electron chi connectivity index (χ2n) is 6.11. The maximum atomic E-state index is 14.0. The Morgan fingerprint density at radius 3 is 2.74 bits per heavy atom. The Labute approximate surface area is 173 Å². The molecule has 7 heteroatoms. The summed E-state index contributed by atoms with van der Waals surface area (Å²) in [4.78, 5) is 28.2. The van der Waals surface area contributed by atoms with Crippen molar-refractivity contribution >= 4 is 51.4 Å². The van der Waals surface area contributed by atoms with E-state index in [4.69, 9.17) is 0 Å². The molecule has 27 heavy (non-hydrogen) atoms. The number of amides is 2. The third kappa shape index (κ3) is 3.49. The molecule has 0 aliphatic carbocycles. The SMILES string of the molecule is O=C1CN(C(=O)c2ccccc2I)C(c2cccs2)c2cc(F)ccc2N1. The quantitative estimate of drug-likeness (QED) is 0.529. The summed E-state index contributed by atoms with van der Waals surface area (Å²) in [6.07, 6.45) is 0. The van der Waals surface area contributed by atoms with Crippen LogP contribution in [-0.4, -0.2) is 23.3 Å². The van der Waals surface area contributed by atoms with Crippen molar-refractivity contribution in [3.8, 4) is 0 Å². The second-order valence-corrected chi connectivity index (χ2v) is 8.25. The highest BCUT2D eigenvalue weighted by molar-refractivity contribution is 14.1. The molecule has 0 radical (unpaired) electrons. The first-order chi connectivity index (χ1) is 13.0. The molecule has 1 aliphatic heterocycles. The van der Waals surface area contributed by atoms with E-state index < -0.39 is 11.9 Å². The van der Waals surface area contributed by atoms with Gasteiger partial charge in [0.05, 0.1) is 11.6 Å². The van der Waals surface area contributed by atoms with Crippen molar-refractivity contribution < 1.29 is 14.0 Å². The highest BCUT2D eigenvalue weighted by atomic mass is 127. The van der Waals surface area contributed by atoms with Crippen LogP contribution in [0.4, 0.5) is 10.1 Å². The highest BCUT2D eigenvalue weighted by Crippen LogP contribution is 2.39. The number of nitrogens with one attached hydrogen (secondary N) is 1. The number of carbonyl (C=O) groups is 2. The molecule has 2 heterocycles. The van der Waals surface area contributed by atoms with Crippen molar-refractivity contribution in [3.05, 3.63) is 85.4 Å². The van der Waals surface area contributed by atoms with Crippen molar-refractivity contribution in [2.75, 3.05) is 11.9 Å². The van der Waals surface area contributed by atoms with Crippen molar-refractivity contribution in [2.45, 2.75) is 6.04 Å². The first-order valence-corrected chi connectivity index (χ1v) is 10.2. The molecule has 0 fully saturated rings. The van der Waals surface area contributed by atoms with Gasteiger partial charge < -0.3 is 10.2 Å². The van der Waals surface area contributed by atoms with Gasteiger partial charge in [0.2, 0.25) is 5.91 Å². The molecule has 4 rings (SSSR count). The fourth-order valence-electron chi connectivity index (χ4n) is 3.21. The summed E-state index contributed by atoms with van der Waals surface area (Å²) < 4.78 is 14.8. The molecule has 136 valence electrons. The Balaban J connectivity index is 1.89. The van der Waals surface area contributed by atoms with E-state index in [1.54, 1.807) is 18.2 Å². The third-order valence-corrected chi connectivity index (χ3v) is 6.25. The van der Waals surface area contributed by atoms with Crippen LogP contribution in [0.3, 0.4) is 0 Å². The van der Waals surface area contributed by atoms with E-state index in [-0.39, 0.29) is 18.4 Å². The summed E-state index contributed by atoms with van der Waals surface area (Å²) in [6, 6.07) is 14.7. The van der Waals surface area contributed by atoms with Gasteiger partial charge in [-0.05, 0) is 64.4 Å². The number of hydrogen-bond acceptors (Lipinski definition) is 3. The van der Waals surface area contributed by atoms with E-state index >= 15 is 0 Å². The zero-order valence-corrected chi connectivity index (χ0v) is 17.0. The van der Waals surface area contributed by atoms with E-state index in [1.807, 2.05) is 29.6 Å². The molecule has 1 N–H and O–H groups in total. The maximum Gasteiger partial charge on any atom is 0.256 e. The van der Waals surface area contributed by atoms with Gasteiger partial charge in [0.15, 0.2) is 0 Å². The number of thiophene rings is 1. The van der Waals surface area contributed by atoms with Crippen molar-refractivity contribution in [1.29, 1.82) is 0 Å². The van der Waals surface area contributed by atoms with E-state index in [9.17, 15) is 14.0 Å². The number of hydrogen-bond donors (Lipinski definition) is 1. The minimum absolute atomic E-state index is 0.108. The number of rotatable bonds is 2. The Kier molecular flexibility index (Phi) is 4.96. The molecule has 1 aliphatic rings. The fraction of sp³-hybridized carbons (Fsp3) is 0.100. The van der Waals surface area contributed by atoms with Crippen LogP contribution in [0.2, 0.25) is 0 Å². The molecule has 2 aromatic carbocycles. The Hall–Kier alpha value is -2.26. The number of anilines is 1. The molecule has 0 saturated heterocycles. The molecule has 1 unspecified atom stereocenters. The Morgan fingerprint density at radius 1 is 1.19 bits per heavy atom. The average molecular weight is 492 g/mol. The predicted molar refractivity (Wildman–Crippen MR) is 111 cm³/mol. The second kappa shape index (κ2) is 7.40. The largest absolute Gasteiger partial charge is 0.324 e. The summed E-state index contributed by atoms with van der Waals surface area (Å²) in [5, 5.41) is 4.70. The molecule has 2 amide bonds. The van der Waals surface area contributed by atoms with Crippen LogP contribution < -0.4 is 5.32 Å². The van der Waals surface area contributed by atoms with Crippen LogP contribution in [0.25, 0.3) is 0 Å². The smallest absolute Gasteiger partial charge is 0.256 e. The molecule has 0 saturated carbocycles. The van der Waals surface area contributed by atoms with Crippen molar-refractivity contribution in [3.63, 3.8) is 0 Å². The minimum atomic E-state index is -0.543. The van der Waals surface area contributed by atoms with Gasteiger partial charge in [0.1, 0.15) is 12.4 Å². The van der Waals surface area contributed by atoms with Crippen LogP contribution in [0.15, 0.2) is 60.0 Å². The van der Waals surface area contributed by atoms with Crippen LogP contribution in [0.5, 0.6) is 0 Å². The lowest BCUT2D eigenvalue weighted by Gasteiger charge is -2.29. The van der Waals surface area contributed by atoms with Crippen molar-refractivity contribution in [2.24, 2.45) is 0 Å². The number of halogens is 2. The number of carbonyl (C=O) groups excluding carboxylic acids is 2. The molecule has 1 aromatic heterocycles. The van der Waals surface area contributed by atoms with Gasteiger partial charge in [-0.25, -0.2) is 4.39 Å². The summed E-state index contributed by atoms with van der Waals surface area (Å²) in [5.41, 5.74) is 1.62. The maximum absolute atomic E-state index is 14.0. The van der Waals surface area contributed by atoms with Crippen LogP contribution >= 0.6 is 33.9 Å². The predicted octanol–water partition coefficient (Wildman–Crippen LogP) is 4.68. The summed E-state index contributed by atoms with van der Waals surface area (Å²) in [5.74, 6) is -0.972. The minimum Gasteiger partial charge on any atom is -0.324 e. The van der Waals surface area contributed by atoms with Gasteiger partial charge in [-0.15, -0.1) is 11.3 Å². The van der Waals surface area contributed by atoms with Gasteiger partial charge in [-0.1, -0.05) is 18.2 Å². The molecule has 0 spiro atoms. The number of nitrogens with zero attached hydrogens (tertiary/aromatic N) is 1. The summed E-state index contributed by atoms with van der Waals surface area (Å²) in [6.45, 7) is -0.108. The van der Waals surface area contributed by atoms with Gasteiger partial charge >= 0.3 is 0 Å². The van der Waals surface area contributed by atoms with E-state index in [0.717, 1.165) is 8.45 Å². The van der Waals surface area contributed by atoms with E-state index in [2.05, 4.69) is 27.9 Å². The Morgan fingerprint density at radius 2 is 2.00 bits per heavy atom. The zero-order chi connectivity index (χ0) is 19.0. The first kappa shape index (κ1) is 18.1. The van der Waals surface area contributed by atoms with Crippen LogP contribution in [0.1, 0.15) is 26.8 Å². The fourth-order valence-corrected chi connectivity index (χ4v) is 4.68. The lowest BCUT2D eigenvalue weighted by atomic mass is 10.0. The van der Waals surface area contributed by atoms with Gasteiger partial charge in [-0.3, -0.25) is 9.59 Å². The average Bonchev–Trinajstić information content (AvgIpc) is 3.13. The topological polar surface area (TPSA) is 49.4 Å². The third-order valence-electron chi connectivity index (χ3n) is 4.39. The number of benzene rings is 2. The van der Waals surface area contributed by atoms with E-state index in [1.165, 1.54) is 28.4 Å². The first-order valence-electron chi connectivity index (χ1n) is 8.23. The monoisotopic (exact) mass is 492 g/mol. The molecule has 0 bridgehead atoms. The normalized spacial score (nSPS) is 16.4. The standard InChI is InChI=1S/C20H14FIN2O2S/c21-12-7-8-16-14(10-12)19(17-6-3-9-27-17)24(11-18(25)23-16)20(26)13-4-1-2-5-15(13)22/h1-10,19H,11H2,(H,23,25). The molecule has 3 aromatic rings. The van der Waals surface area contributed by atoms with E-state index in [0.29, 0.717) is 16.8 Å². The number of fused-ring (bicyclic) bond motifs is 1. The zero-order valence-electron chi connectivity index (χ0n) is 14.0. The van der Waals surface area contributed by atoms with Crippen molar-refractivity contribution in [1.82, 2.24) is 4.90 Å². The van der Waals surface area contributed by atoms with Crippen LogP contribution in [0, 0.1) is 9.39 Å². The molecular formula is C20H14FIN2O2S. The summed E-state index contributed by atoms with van der Waals surface area (Å²) >= 11 is 3.58. The Bertz CT molecular complexity index is 1020. The lowest BCUT2D eigenvalue weighted by molar-refractivity contribution is -0.117. The highest BCUT2D eigenvalue weighted by Gasteiger charge is 2.35. The molecule has 4 nitrogen and oxygen atoms in total. The summed E-state index contributed by atoms with van der Waals surface area (Å²) in [7, 11) is 0.